The van der Waals surface area contributed by atoms with Crippen LogP contribution in [0.2, 0.25) is 0 Å². The Labute approximate surface area is 281 Å². The van der Waals surface area contributed by atoms with Gasteiger partial charge in [0.2, 0.25) is 5.91 Å². The van der Waals surface area contributed by atoms with E-state index in [1.54, 1.807) is 0 Å². The minimum absolute atomic E-state index is 0.255. The SMILES string of the molecule is CCCCCCCCCCCCCC(=O)NCCCCCCC(CNCCCCNCCNC)CNCCCCNCCNC. The van der Waals surface area contributed by atoms with Gasteiger partial charge >= 0.3 is 0 Å². The molecule has 0 heterocycles. The van der Waals surface area contributed by atoms with Gasteiger partial charge in [-0.2, -0.15) is 0 Å². The Hall–Kier alpha value is -0.770. The van der Waals surface area contributed by atoms with Gasteiger partial charge in [0.15, 0.2) is 0 Å². The normalized spacial score (nSPS) is 11.6. The molecule has 0 aliphatic carbocycles. The number of unbranched alkanes of at least 4 members (excludes halogenated alkanes) is 15. The Kier molecular flexibility index (Phi) is 38.7. The molecule has 0 aromatic heterocycles. The van der Waals surface area contributed by atoms with Gasteiger partial charge in [-0.25, -0.2) is 0 Å². The highest BCUT2D eigenvalue weighted by Crippen LogP contribution is 2.12. The van der Waals surface area contributed by atoms with Crippen LogP contribution in [0.25, 0.3) is 0 Å². The zero-order valence-electron chi connectivity index (χ0n) is 30.6. The molecular formula is C37H81N7O. The summed E-state index contributed by atoms with van der Waals surface area (Å²) in [6, 6.07) is 0. The Morgan fingerprint density at radius 1 is 0.444 bits per heavy atom. The lowest BCUT2D eigenvalue weighted by Gasteiger charge is -2.19. The van der Waals surface area contributed by atoms with Gasteiger partial charge in [0.1, 0.15) is 0 Å². The molecule has 0 aliphatic heterocycles. The van der Waals surface area contributed by atoms with Crippen molar-refractivity contribution < 1.29 is 4.79 Å². The van der Waals surface area contributed by atoms with Gasteiger partial charge in [0, 0.05) is 39.1 Å². The summed E-state index contributed by atoms with van der Waals surface area (Å²) < 4.78 is 0. The second-order valence-corrected chi connectivity index (χ2v) is 13.2. The van der Waals surface area contributed by atoms with Gasteiger partial charge in [0.05, 0.1) is 0 Å². The number of carbonyl (C=O) groups excluding carboxylic acids is 1. The van der Waals surface area contributed by atoms with Gasteiger partial charge in [-0.05, 0) is 104 Å². The second kappa shape index (κ2) is 39.4. The Morgan fingerprint density at radius 3 is 1.38 bits per heavy atom. The van der Waals surface area contributed by atoms with Crippen molar-refractivity contribution in [3.05, 3.63) is 0 Å². The molecule has 8 nitrogen and oxygen atoms in total. The minimum Gasteiger partial charge on any atom is -0.356 e. The van der Waals surface area contributed by atoms with E-state index in [0.29, 0.717) is 12.3 Å². The zero-order chi connectivity index (χ0) is 32.7. The van der Waals surface area contributed by atoms with Crippen LogP contribution in [0.1, 0.15) is 142 Å². The molecule has 45 heavy (non-hydrogen) atoms. The first-order chi connectivity index (χ1) is 22.2. The summed E-state index contributed by atoms with van der Waals surface area (Å²) in [4.78, 5) is 12.2. The van der Waals surface area contributed by atoms with Crippen LogP contribution in [0.3, 0.4) is 0 Å². The fourth-order valence-corrected chi connectivity index (χ4v) is 5.74. The molecule has 0 bridgehead atoms. The van der Waals surface area contributed by atoms with Crippen molar-refractivity contribution in [3.63, 3.8) is 0 Å². The average Bonchev–Trinajstić information content (AvgIpc) is 3.04. The van der Waals surface area contributed by atoms with Crippen molar-refractivity contribution in [2.24, 2.45) is 5.92 Å². The van der Waals surface area contributed by atoms with Crippen LogP contribution in [0, 0.1) is 5.92 Å². The van der Waals surface area contributed by atoms with Gasteiger partial charge in [-0.3, -0.25) is 4.79 Å². The third-order valence-corrected chi connectivity index (χ3v) is 8.75. The van der Waals surface area contributed by atoms with Crippen molar-refractivity contribution in [2.75, 3.05) is 86.1 Å². The molecule has 1 amide bonds. The molecule has 270 valence electrons. The molecule has 0 saturated heterocycles. The van der Waals surface area contributed by atoms with Crippen molar-refractivity contribution in [3.8, 4) is 0 Å². The number of hydrogen-bond donors (Lipinski definition) is 7. The molecule has 0 spiro atoms. The Balaban J connectivity index is 3.86. The van der Waals surface area contributed by atoms with E-state index in [0.717, 1.165) is 84.8 Å². The molecule has 7 N–H and O–H groups in total. The first-order valence-corrected chi connectivity index (χ1v) is 19.6. The van der Waals surface area contributed by atoms with Crippen molar-refractivity contribution in [1.82, 2.24) is 37.2 Å². The smallest absolute Gasteiger partial charge is 0.219 e. The van der Waals surface area contributed by atoms with E-state index in [4.69, 9.17) is 0 Å². The number of rotatable bonds is 39. The predicted octanol–water partition coefficient (Wildman–Crippen LogP) is 5.73. The molecule has 0 unspecified atom stereocenters. The number of carbonyl (C=O) groups is 1. The maximum atomic E-state index is 12.2. The van der Waals surface area contributed by atoms with E-state index < -0.39 is 0 Å². The fraction of sp³-hybridized carbons (Fsp3) is 0.973. The summed E-state index contributed by atoms with van der Waals surface area (Å²) in [7, 11) is 4.00. The van der Waals surface area contributed by atoms with Gasteiger partial charge < -0.3 is 37.2 Å². The van der Waals surface area contributed by atoms with Crippen molar-refractivity contribution in [2.45, 2.75) is 142 Å². The van der Waals surface area contributed by atoms with E-state index in [-0.39, 0.29) is 5.91 Å². The van der Waals surface area contributed by atoms with Gasteiger partial charge in [-0.1, -0.05) is 90.4 Å². The molecule has 0 atom stereocenters. The lowest BCUT2D eigenvalue weighted by atomic mass is 10.00. The molecule has 0 radical (unpaired) electrons. The molecular weight excluding hydrogens is 558 g/mol. The van der Waals surface area contributed by atoms with E-state index in [1.807, 2.05) is 14.1 Å². The predicted molar refractivity (Wildman–Crippen MR) is 198 cm³/mol. The number of amides is 1. The lowest BCUT2D eigenvalue weighted by molar-refractivity contribution is -0.121. The Morgan fingerprint density at radius 2 is 0.867 bits per heavy atom. The first kappa shape index (κ1) is 44.2. The quantitative estimate of drug-likeness (QED) is 0.0432. The van der Waals surface area contributed by atoms with E-state index in [1.165, 1.54) is 116 Å². The molecule has 0 aromatic carbocycles. The molecule has 0 aromatic rings. The van der Waals surface area contributed by atoms with Crippen LogP contribution in [0.5, 0.6) is 0 Å². The van der Waals surface area contributed by atoms with Crippen LogP contribution in [0.15, 0.2) is 0 Å². The summed E-state index contributed by atoms with van der Waals surface area (Å²) >= 11 is 0. The molecule has 8 heteroatoms. The molecule has 0 aliphatic rings. The second-order valence-electron chi connectivity index (χ2n) is 13.2. The van der Waals surface area contributed by atoms with Crippen LogP contribution >= 0.6 is 0 Å². The van der Waals surface area contributed by atoms with Crippen molar-refractivity contribution >= 4 is 5.91 Å². The monoisotopic (exact) mass is 640 g/mol. The van der Waals surface area contributed by atoms with Crippen LogP contribution < -0.4 is 37.2 Å². The zero-order valence-corrected chi connectivity index (χ0v) is 30.6. The molecule has 0 fully saturated rings. The summed E-state index contributed by atoms with van der Waals surface area (Å²) in [5, 5.41) is 24.0. The maximum absolute atomic E-state index is 12.2. The summed E-state index contributed by atoms with van der Waals surface area (Å²) in [6.45, 7) is 14.0. The average molecular weight is 640 g/mol. The van der Waals surface area contributed by atoms with Gasteiger partial charge in [-0.15, -0.1) is 0 Å². The molecule has 0 rings (SSSR count). The van der Waals surface area contributed by atoms with Crippen LogP contribution in [-0.2, 0) is 4.79 Å². The van der Waals surface area contributed by atoms with E-state index in [9.17, 15) is 4.79 Å². The third kappa shape index (κ3) is 37.6. The summed E-state index contributed by atoms with van der Waals surface area (Å²) in [5.41, 5.74) is 0. The van der Waals surface area contributed by atoms with Crippen molar-refractivity contribution in [1.29, 1.82) is 0 Å². The topological polar surface area (TPSA) is 101 Å². The number of nitrogens with one attached hydrogen (secondary N) is 7. The standard InChI is InChI=1S/C37H81N7O/c1-4-5-6-7-8-9-10-11-12-13-17-24-37(45)44-29-18-15-14-16-23-36(34-42-27-21-19-25-40-32-30-38-2)35-43-28-22-20-26-41-33-31-39-3/h36,38-43H,4-35H2,1-3H3,(H,44,45). The molecule has 0 saturated carbocycles. The third-order valence-electron chi connectivity index (χ3n) is 8.75. The highest BCUT2D eigenvalue weighted by Gasteiger charge is 2.08. The largest absolute Gasteiger partial charge is 0.356 e. The lowest BCUT2D eigenvalue weighted by Crippen LogP contribution is -2.33. The van der Waals surface area contributed by atoms with E-state index >= 15 is 0 Å². The minimum atomic E-state index is 0.255. The number of hydrogen-bond acceptors (Lipinski definition) is 7. The van der Waals surface area contributed by atoms with Crippen LogP contribution in [0.4, 0.5) is 0 Å². The van der Waals surface area contributed by atoms with E-state index in [2.05, 4.69) is 44.1 Å². The summed E-state index contributed by atoms with van der Waals surface area (Å²) in [5.74, 6) is 0.948. The van der Waals surface area contributed by atoms with Gasteiger partial charge in [0.25, 0.3) is 0 Å². The summed E-state index contributed by atoms with van der Waals surface area (Å²) in [6.07, 6.45) is 26.4. The number of likely N-dealkylation sites (N-methyl/N-ethyl adjacent to an activating group) is 2. The van der Waals surface area contributed by atoms with Crippen LogP contribution in [-0.4, -0.2) is 92.0 Å². The fourth-order valence-electron chi connectivity index (χ4n) is 5.74. The highest BCUT2D eigenvalue weighted by atomic mass is 16.1. The maximum Gasteiger partial charge on any atom is 0.219 e. The Bertz CT molecular complexity index is 545. The highest BCUT2D eigenvalue weighted by molar-refractivity contribution is 5.75. The first-order valence-electron chi connectivity index (χ1n) is 19.6.